The standard InChI is InChI=1S/C16H20N4O5S/c1-2-25-8-4-7-17-16-19-15(22)13(26-16)10-14(21)18-11-5-3-6-12(9-11)20(23)24/h3,5-6,9,13H,2,4,7-8,10H2,1H3,(H,18,21)(H,17,19,22)/t13-/m1/s1. The highest BCUT2D eigenvalue weighted by Crippen LogP contribution is 2.23. The van der Waals surface area contributed by atoms with E-state index in [1.165, 1.54) is 30.0 Å². The molecule has 1 heterocycles. The van der Waals surface area contributed by atoms with Crippen LogP contribution in [-0.4, -0.2) is 46.9 Å². The number of nitro groups is 1. The second-order valence-electron chi connectivity index (χ2n) is 5.39. The van der Waals surface area contributed by atoms with Gasteiger partial charge in [0.05, 0.1) is 4.92 Å². The normalized spacial score (nSPS) is 18.0. The topological polar surface area (TPSA) is 123 Å². The number of non-ortho nitro benzene ring substituents is 1. The van der Waals surface area contributed by atoms with Crippen molar-refractivity contribution in [1.29, 1.82) is 0 Å². The number of ether oxygens (including phenoxy) is 1. The molecule has 10 heteroatoms. The van der Waals surface area contributed by atoms with Crippen LogP contribution >= 0.6 is 11.8 Å². The van der Waals surface area contributed by atoms with E-state index in [0.29, 0.717) is 30.6 Å². The Labute approximate surface area is 154 Å². The van der Waals surface area contributed by atoms with Crippen molar-refractivity contribution in [3.63, 3.8) is 0 Å². The van der Waals surface area contributed by atoms with Crippen molar-refractivity contribution >= 4 is 40.1 Å². The molecule has 140 valence electrons. The van der Waals surface area contributed by atoms with Gasteiger partial charge in [-0.2, -0.15) is 0 Å². The van der Waals surface area contributed by atoms with Gasteiger partial charge in [0, 0.05) is 44.0 Å². The van der Waals surface area contributed by atoms with E-state index in [0.717, 1.165) is 6.42 Å². The highest BCUT2D eigenvalue weighted by molar-refractivity contribution is 8.15. The number of nitrogens with zero attached hydrogens (tertiary/aromatic N) is 2. The van der Waals surface area contributed by atoms with E-state index in [1.807, 2.05) is 6.92 Å². The monoisotopic (exact) mass is 380 g/mol. The number of rotatable bonds is 9. The van der Waals surface area contributed by atoms with E-state index >= 15 is 0 Å². The Morgan fingerprint density at radius 2 is 2.31 bits per heavy atom. The lowest BCUT2D eigenvalue weighted by molar-refractivity contribution is -0.384. The van der Waals surface area contributed by atoms with E-state index in [-0.39, 0.29) is 18.0 Å². The minimum absolute atomic E-state index is 0.0445. The number of nitrogens with one attached hydrogen (secondary N) is 2. The largest absolute Gasteiger partial charge is 0.382 e. The molecule has 0 saturated carbocycles. The van der Waals surface area contributed by atoms with Crippen LogP contribution in [0.25, 0.3) is 0 Å². The van der Waals surface area contributed by atoms with Crippen molar-refractivity contribution in [2.24, 2.45) is 4.99 Å². The Hall–Kier alpha value is -2.46. The van der Waals surface area contributed by atoms with Crippen LogP contribution in [0.3, 0.4) is 0 Å². The van der Waals surface area contributed by atoms with Gasteiger partial charge in [-0.3, -0.25) is 24.7 Å². The average Bonchev–Trinajstić information content (AvgIpc) is 2.94. The number of amidine groups is 1. The minimum atomic E-state index is -0.570. The lowest BCUT2D eigenvalue weighted by Crippen LogP contribution is -2.28. The third-order valence-electron chi connectivity index (χ3n) is 3.39. The summed E-state index contributed by atoms with van der Waals surface area (Å²) in [6.07, 6.45) is 0.711. The number of anilines is 1. The van der Waals surface area contributed by atoms with E-state index in [9.17, 15) is 19.7 Å². The van der Waals surface area contributed by atoms with Crippen LogP contribution in [0.1, 0.15) is 19.8 Å². The Morgan fingerprint density at radius 3 is 3.04 bits per heavy atom. The molecule has 9 nitrogen and oxygen atoms in total. The van der Waals surface area contributed by atoms with Gasteiger partial charge in [-0.1, -0.05) is 17.8 Å². The fourth-order valence-corrected chi connectivity index (χ4v) is 3.18. The second-order valence-corrected chi connectivity index (χ2v) is 6.58. The molecule has 0 bridgehead atoms. The molecule has 2 amide bonds. The van der Waals surface area contributed by atoms with Crippen LogP contribution in [0.2, 0.25) is 0 Å². The number of nitro benzene ring substituents is 1. The van der Waals surface area contributed by atoms with Crippen LogP contribution in [0.5, 0.6) is 0 Å². The molecule has 0 radical (unpaired) electrons. The van der Waals surface area contributed by atoms with Gasteiger partial charge in [-0.05, 0) is 19.4 Å². The highest BCUT2D eigenvalue weighted by Gasteiger charge is 2.32. The van der Waals surface area contributed by atoms with Crippen molar-refractivity contribution in [1.82, 2.24) is 5.32 Å². The molecule has 0 spiro atoms. The number of amides is 2. The van der Waals surface area contributed by atoms with Crippen LogP contribution in [-0.2, 0) is 14.3 Å². The van der Waals surface area contributed by atoms with Crippen LogP contribution in [0.15, 0.2) is 29.3 Å². The number of hydrogen-bond donors (Lipinski definition) is 2. The van der Waals surface area contributed by atoms with Crippen LogP contribution in [0.4, 0.5) is 11.4 Å². The molecule has 1 aromatic carbocycles. The Kier molecular flexibility index (Phi) is 7.54. The predicted molar refractivity (Wildman–Crippen MR) is 99.3 cm³/mol. The number of benzene rings is 1. The highest BCUT2D eigenvalue weighted by atomic mass is 32.2. The molecule has 26 heavy (non-hydrogen) atoms. The molecule has 1 atom stereocenters. The zero-order chi connectivity index (χ0) is 18.9. The van der Waals surface area contributed by atoms with Gasteiger partial charge in [-0.25, -0.2) is 0 Å². The van der Waals surface area contributed by atoms with E-state index in [4.69, 9.17) is 4.74 Å². The maximum absolute atomic E-state index is 12.1. The van der Waals surface area contributed by atoms with Gasteiger partial charge in [0.15, 0.2) is 5.17 Å². The molecule has 0 unspecified atom stereocenters. The summed E-state index contributed by atoms with van der Waals surface area (Å²) in [5.74, 6) is -0.663. The zero-order valence-corrected chi connectivity index (χ0v) is 15.1. The molecule has 2 rings (SSSR count). The first-order chi connectivity index (χ1) is 12.5. The van der Waals surface area contributed by atoms with Crippen LogP contribution in [0, 0.1) is 10.1 Å². The number of thioether (sulfide) groups is 1. The first-order valence-electron chi connectivity index (χ1n) is 8.13. The van der Waals surface area contributed by atoms with Crippen molar-refractivity contribution in [2.45, 2.75) is 25.0 Å². The van der Waals surface area contributed by atoms with Gasteiger partial charge >= 0.3 is 0 Å². The summed E-state index contributed by atoms with van der Waals surface area (Å²) in [6, 6.07) is 5.64. The quantitative estimate of drug-likeness (QED) is 0.383. The van der Waals surface area contributed by atoms with E-state index in [2.05, 4.69) is 15.6 Å². The van der Waals surface area contributed by atoms with Crippen molar-refractivity contribution < 1.29 is 19.2 Å². The molecule has 0 aromatic heterocycles. The van der Waals surface area contributed by atoms with Gasteiger partial charge in [0.25, 0.3) is 5.69 Å². The van der Waals surface area contributed by atoms with Crippen LogP contribution < -0.4 is 10.6 Å². The molecule has 1 aliphatic heterocycles. The molecule has 1 aliphatic rings. The molecule has 1 aromatic rings. The average molecular weight is 380 g/mol. The maximum Gasteiger partial charge on any atom is 0.271 e. The van der Waals surface area contributed by atoms with Crippen molar-refractivity contribution in [2.75, 3.05) is 25.1 Å². The van der Waals surface area contributed by atoms with E-state index in [1.54, 1.807) is 6.07 Å². The number of carbonyl (C=O) groups is 2. The first-order valence-corrected chi connectivity index (χ1v) is 9.01. The van der Waals surface area contributed by atoms with Crippen molar-refractivity contribution in [3.05, 3.63) is 34.4 Å². The third kappa shape index (κ3) is 6.12. The summed E-state index contributed by atoms with van der Waals surface area (Å²) in [5, 5.41) is 15.9. The van der Waals surface area contributed by atoms with Gasteiger partial charge in [0.2, 0.25) is 11.8 Å². The number of aliphatic imine (C=N–C) groups is 1. The summed E-state index contributed by atoms with van der Waals surface area (Å²) in [6.45, 7) is 3.72. The number of carbonyl (C=O) groups excluding carboxylic acids is 2. The lowest BCUT2D eigenvalue weighted by atomic mass is 10.2. The fourth-order valence-electron chi connectivity index (χ4n) is 2.18. The summed E-state index contributed by atoms with van der Waals surface area (Å²) in [7, 11) is 0. The van der Waals surface area contributed by atoms with Crippen molar-refractivity contribution in [3.8, 4) is 0 Å². The zero-order valence-electron chi connectivity index (χ0n) is 14.3. The summed E-state index contributed by atoms with van der Waals surface area (Å²) >= 11 is 1.21. The third-order valence-corrected chi connectivity index (χ3v) is 4.51. The van der Waals surface area contributed by atoms with Gasteiger partial charge in [0.1, 0.15) is 5.25 Å². The predicted octanol–water partition coefficient (Wildman–Crippen LogP) is 1.94. The lowest BCUT2D eigenvalue weighted by Gasteiger charge is -2.07. The summed E-state index contributed by atoms with van der Waals surface area (Å²) in [4.78, 5) is 38.5. The Morgan fingerprint density at radius 1 is 1.50 bits per heavy atom. The smallest absolute Gasteiger partial charge is 0.271 e. The first kappa shape index (κ1) is 19.9. The minimum Gasteiger partial charge on any atom is -0.382 e. The molecule has 2 N–H and O–H groups in total. The molecular formula is C16H20N4O5S. The SMILES string of the molecule is CCOCCCN=C1NC(=O)[C@@H](CC(=O)Nc2cccc([N+](=O)[O-])c2)S1. The second kappa shape index (κ2) is 9.88. The maximum atomic E-state index is 12.1. The number of hydrogen-bond acceptors (Lipinski definition) is 7. The molecular weight excluding hydrogens is 360 g/mol. The molecule has 1 fully saturated rings. The Bertz CT molecular complexity index is 710. The van der Waals surface area contributed by atoms with E-state index < -0.39 is 16.1 Å². The summed E-state index contributed by atoms with van der Waals surface area (Å²) in [5.41, 5.74) is 0.203. The molecule has 1 saturated heterocycles. The Balaban J connectivity index is 1.83. The van der Waals surface area contributed by atoms with Gasteiger partial charge < -0.3 is 15.4 Å². The van der Waals surface area contributed by atoms with Gasteiger partial charge in [-0.15, -0.1) is 0 Å². The fraction of sp³-hybridized carbons (Fsp3) is 0.438. The summed E-state index contributed by atoms with van der Waals surface area (Å²) < 4.78 is 5.21. The molecule has 0 aliphatic carbocycles.